The Morgan fingerprint density at radius 1 is 1.22 bits per heavy atom. The first kappa shape index (κ1) is 19.4. The summed E-state index contributed by atoms with van der Waals surface area (Å²) >= 11 is 0. The number of methoxy groups -OCH3 is 1. The lowest BCUT2D eigenvalue weighted by Gasteiger charge is -2.37. The van der Waals surface area contributed by atoms with Crippen molar-refractivity contribution in [1.29, 1.82) is 0 Å². The number of piperidine rings is 1. The predicted molar refractivity (Wildman–Crippen MR) is 91.0 cm³/mol. The van der Waals surface area contributed by atoms with Crippen LogP contribution in [-0.2, 0) is 4.74 Å². The summed E-state index contributed by atoms with van der Waals surface area (Å²) in [4.78, 5) is 23.3. The lowest BCUT2D eigenvalue weighted by molar-refractivity contribution is 0.0511. The zero-order valence-corrected chi connectivity index (χ0v) is 14.1. The van der Waals surface area contributed by atoms with Gasteiger partial charge < -0.3 is 21.1 Å². The first-order chi connectivity index (χ1) is 10.6. The second kappa shape index (κ2) is 8.86. The van der Waals surface area contributed by atoms with Crippen LogP contribution in [0, 0.1) is 5.41 Å². The van der Waals surface area contributed by atoms with E-state index in [-0.39, 0.29) is 23.7 Å². The van der Waals surface area contributed by atoms with Gasteiger partial charge in [-0.25, -0.2) is 0 Å². The highest BCUT2D eigenvalue weighted by molar-refractivity contribution is 5.97. The van der Waals surface area contributed by atoms with Gasteiger partial charge in [0.2, 0.25) is 5.91 Å². The van der Waals surface area contributed by atoms with E-state index in [1.54, 1.807) is 31.4 Å². The maximum atomic E-state index is 12.2. The van der Waals surface area contributed by atoms with Crippen LogP contribution in [0.4, 0.5) is 0 Å². The molecule has 6 nitrogen and oxygen atoms in total. The van der Waals surface area contributed by atoms with Crippen LogP contribution < -0.4 is 16.4 Å². The van der Waals surface area contributed by atoms with Crippen molar-refractivity contribution in [2.75, 3.05) is 33.4 Å². The van der Waals surface area contributed by atoms with E-state index in [0.29, 0.717) is 24.3 Å². The number of carbonyl (C=O) groups excluding carboxylic acids is 2. The number of halogens is 1. The highest BCUT2D eigenvalue weighted by atomic mass is 35.5. The maximum Gasteiger partial charge on any atom is 0.251 e. The Kier molecular flexibility index (Phi) is 7.48. The fourth-order valence-electron chi connectivity index (χ4n) is 2.79. The van der Waals surface area contributed by atoms with Gasteiger partial charge in [0.25, 0.3) is 5.91 Å². The molecule has 23 heavy (non-hydrogen) atoms. The van der Waals surface area contributed by atoms with Crippen LogP contribution in [0.25, 0.3) is 0 Å². The molecule has 1 heterocycles. The molecule has 1 aliphatic heterocycles. The summed E-state index contributed by atoms with van der Waals surface area (Å²) in [5.74, 6) is -0.647. The molecule has 0 saturated carbocycles. The van der Waals surface area contributed by atoms with Crippen molar-refractivity contribution in [2.45, 2.75) is 12.8 Å². The first-order valence-corrected chi connectivity index (χ1v) is 7.44. The van der Waals surface area contributed by atoms with Gasteiger partial charge in [-0.3, -0.25) is 9.59 Å². The van der Waals surface area contributed by atoms with E-state index in [1.165, 1.54) is 0 Å². The number of hydrogen-bond acceptors (Lipinski definition) is 4. The van der Waals surface area contributed by atoms with Crippen LogP contribution >= 0.6 is 12.4 Å². The van der Waals surface area contributed by atoms with E-state index >= 15 is 0 Å². The summed E-state index contributed by atoms with van der Waals surface area (Å²) in [6.45, 7) is 3.09. The number of primary amides is 1. The Morgan fingerprint density at radius 2 is 1.78 bits per heavy atom. The molecule has 7 heteroatoms. The third-order valence-electron chi connectivity index (χ3n) is 4.17. The minimum atomic E-state index is -0.499. The zero-order chi connectivity index (χ0) is 16.0. The monoisotopic (exact) mass is 341 g/mol. The summed E-state index contributed by atoms with van der Waals surface area (Å²) in [5, 5.41) is 6.30. The predicted octanol–water partition coefficient (Wildman–Crippen LogP) is 0.953. The average molecular weight is 342 g/mol. The molecule has 2 rings (SSSR count). The van der Waals surface area contributed by atoms with Crippen LogP contribution in [0.2, 0.25) is 0 Å². The fourth-order valence-corrected chi connectivity index (χ4v) is 2.79. The molecule has 1 aliphatic rings. The number of nitrogens with one attached hydrogen (secondary N) is 2. The number of carbonyl (C=O) groups is 2. The van der Waals surface area contributed by atoms with E-state index in [4.69, 9.17) is 10.5 Å². The van der Waals surface area contributed by atoms with Gasteiger partial charge in [0.15, 0.2) is 0 Å². The number of rotatable bonds is 6. The lowest BCUT2D eigenvalue weighted by atomic mass is 9.79. The molecule has 0 atom stereocenters. The van der Waals surface area contributed by atoms with Crippen molar-refractivity contribution in [3.63, 3.8) is 0 Å². The van der Waals surface area contributed by atoms with Crippen molar-refractivity contribution < 1.29 is 14.3 Å². The Balaban J connectivity index is 0.00000264. The Morgan fingerprint density at radius 3 is 2.30 bits per heavy atom. The van der Waals surface area contributed by atoms with Gasteiger partial charge in [-0.2, -0.15) is 0 Å². The summed E-state index contributed by atoms with van der Waals surface area (Å²) in [5.41, 5.74) is 6.09. The SMILES string of the molecule is COCC1(CNC(=O)c2ccc(C(N)=O)cc2)CCNCC1.Cl. The molecule has 1 saturated heterocycles. The normalized spacial score (nSPS) is 16.2. The molecule has 1 aromatic rings. The molecule has 1 aromatic carbocycles. The number of benzene rings is 1. The van der Waals surface area contributed by atoms with Crippen molar-refractivity contribution in [1.82, 2.24) is 10.6 Å². The standard InChI is InChI=1S/C16H23N3O3.ClH/c1-22-11-16(6-8-18-9-7-16)10-19-15(21)13-4-2-12(3-5-13)14(17)20;/h2-5,18H,6-11H2,1H3,(H2,17,20)(H,19,21);1H. The van der Waals surface area contributed by atoms with Gasteiger partial charge in [0.05, 0.1) is 6.61 Å². The summed E-state index contributed by atoms with van der Waals surface area (Å²) < 4.78 is 5.33. The number of nitrogens with two attached hydrogens (primary N) is 1. The average Bonchev–Trinajstić information content (AvgIpc) is 2.54. The van der Waals surface area contributed by atoms with E-state index < -0.39 is 5.91 Å². The minimum absolute atomic E-state index is 0. The third kappa shape index (κ3) is 5.20. The molecule has 2 amide bonds. The Hall–Kier alpha value is -1.63. The molecule has 0 aliphatic carbocycles. The lowest BCUT2D eigenvalue weighted by Crippen LogP contribution is -2.47. The van der Waals surface area contributed by atoms with E-state index in [2.05, 4.69) is 10.6 Å². The Bertz CT molecular complexity index is 522. The molecular weight excluding hydrogens is 318 g/mol. The fraction of sp³-hybridized carbons (Fsp3) is 0.500. The van der Waals surface area contributed by atoms with Crippen LogP contribution in [0.15, 0.2) is 24.3 Å². The highest BCUT2D eigenvalue weighted by Gasteiger charge is 2.32. The summed E-state index contributed by atoms with van der Waals surface area (Å²) in [6.07, 6.45) is 1.95. The topological polar surface area (TPSA) is 93.4 Å². The molecule has 0 aromatic heterocycles. The zero-order valence-electron chi connectivity index (χ0n) is 13.3. The molecule has 0 bridgehead atoms. The molecular formula is C16H24ClN3O3. The van der Waals surface area contributed by atoms with Crippen LogP contribution in [0.3, 0.4) is 0 Å². The molecule has 0 unspecified atom stereocenters. The molecule has 4 N–H and O–H groups in total. The van der Waals surface area contributed by atoms with Gasteiger partial charge in [-0.1, -0.05) is 0 Å². The third-order valence-corrected chi connectivity index (χ3v) is 4.17. The van der Waals surface area contributed by atoms with Gasteiger partial charge >= 0.3 is 0 Å². The van der Waals surface area contributed by atoms with Crippen LogP contribution in [-0.4, -0.2) is 45.2 Å². The van der Waals surface area contributed by atoms with Crippen molar-refractivity contribution in [3.05, 3.63) is 35.4 Å². The molecule has 0 radical (unpaired) electrons. The van der Waals surface area contributed by atoms with Crippen molar-refractivity contribution in [2.24, 2.45) is 11.1 Å². The van der Waals surface area contributed by atoms with Gasteiger partial charge in [0.1, 0.15) is 0 Å². The summed E-state index contributed by atoms with van der Waals surface area (Å²) in [7, 11) is 1.69. The van der Waals surface area contributed by atoms with E-state index in [0.717, 1.165) is 25.9 Å². The van der Waals surface area contributed by atoms with Crippen molar-refractivity contribution in [3.8, 4) is 0 Å². The van der Waals surface area contributed by atoms with Crippen LogP contribution in [0.1, 0.15) is 33.6 Å². The highest BCUT2D eigenvalue weighted by Crippen LogP contribution is 2.28. The molecule has 0 spiro atoms. The maximum absolute atomic E-state index is 12.2. The van der Waals surface area contributed by atoms with Crippen LogP contribution in [0.5, 0.6) is 0 Å². The second-order valence-electron chi connectivity index (χ2n) is 5.81. The van der Waals surface area contributed by atoms with E-state index in [9.17, 15) is 9.59 Å². The van der Waals surface area contributed by atoms with Crippen molar-refractivity contribution >= 4 is 24.2 Å². The minimum Gasteiger partial charge on any atom is -0.384 e. The number of hydrogen-bond donors (Lipinski definition) is 3. The van der Waals surface area contributed by atoms with Gasteiger partial charge in [-0.15, -0.1) is 12.4 Å². The molecule has 1 fully saturated rings. The van der Waals surface area contributed by atoms with Gasteiger partial charge in [-0.05, 0) is 50.2 Å². The van der Waals surface area contributed by atoms with E-state index in [1.807, 2.05) is 0 Å². The summed E-state index contributed by atoms with van der Waals surface area (Å²) in [6, 6.07) is 6.35. The van der Waals surface area contributed by atoms with Gasteiger partial charge in [0, 0.05) is 30.2 Å². The second-order valence-corrected chi connectivity index (χ2v) is 5.81. The molecule has 128 valence electrons. The number of ether oxygens (including phenoxy) is 1. The number of amides is 2. The smallest absolute Gasteiger partial charge is 0.251 e. The Labute approximate surface area is 142 Å². The largest absolute Gasteiger partial charge is 0.384 e. The quantitative estimate of drug-likeness (QED) is 0.718. The first-order valence-electron chi connectivity index (χ1n) is 7.44.